The molecule has 1 atom stereocenters. The summed E-state index contributed by atoms with van der Waals surface area (Å²) in [7, 11) is 0. The number of morpholine rings is 1. The van der Waals surface area contributed by atoms with Crippen molar-refractivity contribution in [1.29, 1.82) is 0 Å². The van der Waals surface area contributed by atoms with E-state index in [2.05, 4.69) is 19.9 Å². The summed E-state index contributed by atoms with van der Waals surface area (Å²) in [5.41, 5.74) is 1.09. The van der Waals surface area contributed by atoms with Crippen LogP contribution in [0.3, 0.4) is 0 Å². The minimum atomic E-state index is -0.169. The number of amides is 2. The van der Waals surface area contributed by atoms with Crippen molar-refractivity contribution in [3.63, 3.8) is 0 Å². The fourth-order valence-corrected chi connectivity index (χ4v) is 3.11. The third kappa shape index (κ3) is 4.20. The molecule has 2 saturated heterocycles. The Morgan fingerprint density at radius 2 is 1.95 bits per heavy atom. The van der Waals surface area contributed by atoms with E-state index in [0.717, 1.165) is 25.8 Å². The molecule has 21 heavy (non-hydrogen) atoms. The maximum atomic E-state index is 12.6. The van der Waals surface area contributed by atoms with Crippen LogP contribution in [-0.2, 0) is 4.74 Å². The Hall–Kier alpha value is -1.07. The van der Waals surface area contributed by atoms with E-state index in [9.17, 15) is 9.90 Å². The molecule has 2 rings (SSSR count). The molecular weight excluding hydrogens is 268 g/mol. The predicted octanol–water partition coefficient (Wildman–Crippen LogP) is 1.87. The SMILES string of the molecule is CC(C)=CCC1(CO)CCCN(C(=O)N2CCOCC2)C1. The summed E-state index contributed by atoms with van der Waals surface area (Å²) in [4.78, 5) is 16.4. The summed E-state index contributed by atoms with van der Waals surface area (Å²) in [6.45, 7) is 8.35. The minimum absolute atomic E-state index is 0.105. The number of hydrogen-bond acceptors (Lipinski definition) is 3. The lowest BCUT2D eigenvalue weighted by molar-refractivity contribution is 0.0176. The van der Waals surface area contributed by atoms with Crippen molar-refractivity contribution in [3.8, 4) is 0 Å². The van der Waals surface area contributed by atoms with Gasteiger partial charge >= 0.3 is 6.03 Å². The molecule has 1 unspecified atom stereocenters. The summed E-state index contributed by atoms with van der Waals surface area (Å²) in [5.74, 6) is 0. The second kappa shape index (κ2) is 7.27. The van der Waals surface area contributed by atoms with Gasteiger partial charge in [-0.2, -0.15) is 0 Å². The van der Waals surface area contributed by atoms with Crippen LogP contribution >= 0.6 is 0 Å². The van der Waals surface area contributed by atoms with E-state index in [1.165, 1.54) is 5.57 Å². The fourth-order valence-electron chi connectivity index (χ4n) is 3.11. The van der Waals surface area contributed by atoms with Gasteiger partial charge in [0.15, 0.2) is 0 Å². The van der Waals surface area contributed by atoms with Crippen LogP contribution in [0.4, 0.5) is 4.79 Å². The van der Waals surface area contributed by atoms with Gasteiger partial charge in [-0.3, -0.25) is 0 Å². The van der Waals surface area contributed by atoms with E-state index in [1.54, 1.807) is 0 Å². The van der Waals surface area contributed by atoms with Gasteiger partial charge in [-0.05, 0) is 33.1 Å². The molecule has 0 aliphatic carbocycles. The van der Waals surface area contributed by atoms with Crippen molar-refractivity contribution >= 4 is 6.03 Å². The zero-order valence-corrected chi connectivity index (χ0v) is 13.3. The lowest BCUT2D eigenvalue weighted by atomic mass is 9.77. The molecule has 0 spiro atoms. The molecule has 2 aliphatic rings. The number of aliphatic hydroxyl groups is 1. The number of ether oxygens (including phenoxy) is 1. The molecule has 2 amide bonds. The van der Waals surface area contributed by atoms with E-state index < -0.39 is 0 Å². The fraction of sp³-hybridized carbons (Fsp3) is 0.812. The number of carbonyl (C=O) groups is 1. The number of piperidine rings is 1. The molecule has 2 heterocycles. The van der Waals surface area contributed by atoms with Crippen LogP contribution in [-0.4, -0.2) is 66.9 Å². The van der Waals surface area contributed by atoms with Crippen molar-refractivity contribution in [2.24, 2.45) is 5.41 Å². The largest absolute Gasteiger partial charge is 0.396 e. The number of urea groups is 1. The monoisotopic (exact) mass is 296 g/mol. The molecule has 2 aliphatic heterocycles. The minimum Gasteiger partial charge on any atom is -0.396 e. The Kier molecular flexibility index (Phi) is 5.65. The van der Waals surface area contributed by atoms with Gasteiger partial charge in [0.1, 0.15) is 0 Å². The van der Waals surface area contributed by atoms with E-state index >= 15 is 0 Å². The van der Waals surface area contributed by atoms with Gasteiger partial charge in [0.25, 0.3) is 0 Å². The molecule has 2 fully saturated rings. The van der Waals surface area contributed by atoms with Gasteiger partial charge in [0, 0.05) is 31.6 Å². The van der Waals surface area contributed by atoms with Crippen LogP contribution in [0, 0.1) is 5.41 Å². The first-order valence-corrected chi connectivity index (χ1v) is 7.92. The maximum Gasteiger partial charge on any atom is 0.320 e. The molecule has 0 aromatic rings. The number of hydrogen-bond donors (Lipinski definition) is 1. The summed E-state index contributed by atoms with van der Waals surface area (Å²) in [5, 5.41) is 9.86. The Morgan fingerprint density at radius 1 is 1.24 bits per heavy atom. The van der Waals surface area contributed by atoms with Gasteiger partial charge < -0.3 is 19.6 Å². The molecule has 0 radical (unpaired) electrons. The van der Waals surface area contributed by atoms with Crippen LogP contribution in [0.5, 0.6) is 0 Å². The van der Waals surface area contributed by atoms with Crippen molar-refractivity contribution in [2.75, 3.05) is 46.0 Å². The third-order valence-electron chi connectivity index (χ3n) is 4.49. The van der Waals surface area contributed by atoms with Crippen molar-refractivity contribution in [1.82, 2.24) is 9.80 Å². The average Bonchev–Trinajstić information content (AvgIpc) is 2.53. The summed E-state index contributed by atoms with van der Waals surface area (Å²) >= 11 is 0. The molecule has 1 N–H and O–H groups in total. The van der Waals surface area contributed by atoms with Crippen molar-refractivity contribution in [3.05, 3.63) is 11.6 Å². The van der Waals surface area contributed by atoms with E-state index in [4.69, 9.17) is 4.74 Å². The Balaban J connectivity index is 2.00. The van der Waals surface area contributed by atoms with Gasteiger partial charge in [0.2, 0.25) is 0 Å². The number of allylic oxidation sites excluding steroid dienone is 2. The first-order valence-electron chi connectivity index (χ1n) is 7.92. The van der Waals surface area contributed by atoms with Crippen molar-refractivity contribution in [2.45, 2.75) is 33.1 Å². The zero-order valence-electron chi connectivity index (χ0n) is 13.3. The molecule has 5 heteroatoms. The number of likely N-dealkylation sites (tertiary alicyclic amines) is 1. The first kappa shape index (κ1) is 16.3. The average molecular weight is 296 g/mol. The summed E-state index contributed by atoms with van der Waals surface area (Å²) in [6, 6.07) is 0.105. The smallest absolute Gasteiger partial charge is 0.320 e. The van der Waals surface area contributed by atoms with E-state index in [0.29, 0.717) is 32.8 Å². The Morgan fingerprint density at radius 3 is 2.57 bits per heavy atom. The maximum absolute atomic E-state index is 12.6. The molecule has 5 nitrogen and oxygen atoms in total. The summed E-state index contributed by atoms with van der Waals surface area (Å²) < 4.78 is 5.30. The van der Waals surface area contributed by atoms with Crippen molar-refractivity contribution < 1.29 is 14.6 Å². The third-order valence-corrected chi connectivity index (χ3v) is 4.49. The van der Waals surface area contributed by atoms with Gasteiger partial charge in [-0.15, -0.1) is 0 Å². The van der Waals surface area contributed by atoms with Gasteiger partial charge in [0.05, 0.1) is 19.8 Å². The number of rotatable bonds is 3. The lowest BCUT2D eigenvalue weighted by Gasteiger charge is -2.43. The molecule has 0 aromatic carbocycles. The zero-order chi connectivity index (χ0) is 15.3. The first-order chi connectivity index (χ1) is 10.1. The Bertz CT molecular complexity index is 387. The van der Waals surface area contributed by atoms with Gasteiger partial charge in [-0.25, -0.2) is 4.79 Å². The van der Waals surface area contributed by atoms with Crippen LogP contribution in [0.1, 0.15) is 33.1 Å². The Labute approximate surface area is 127 Å². The second-order valence-electron chi connectivity index (χ2n) is 6.55. The normalized spacial score (nSPS) is 26.6. The highest BCUT2D eigenvalue weighted by atomic mass is 16.5. The van der Waals surface area contributed by atoms with Gasteiger partial charge in [-0.1, -0.05) is 11.6 Å². The van der Waals surface area contributed by atoms with E-state index in [-0.39, 0.29) is 18.1 Å². The van der Waals surface area contributed by atoms with Crippen LogP contribution in [0.25, 0.3) is 0 Å². The molecule has 0 bridgehead atoms. The standard InChI is InChI=1S/C16H28N2O3/c1-14(2)4-6-16(13-19)5-3-7-18(12-16)15(20)17-8-10-21-11-9-17/h4,19H,3,5-13H2,1-2H3. The number of nitrogens with zero attached hydrogens (tertiary/aromatic N) is 2. The van der Waals surface area contributed by atoms with Crippen LogP contribution in [0.2, 0.25) is 0 Å². The van der Waals surface area contributed by atoms with E-state index in [1.807, 2.05) is 9.80 Å². The quantitative estimate of drug-likeness (QED) is 0.809. The second-order valence-corrected chi connectivity index (χ2v) is 6.55. The number of aliphatic hydroxyl groups excluding tert-OH is 1. The topological polar surface area (TPSA) is 53.0 Å². The summed E-state index contributed by atoms with van der Waals surface area (Å²) in [6.07, 6.45) is 4.98. The highest BCUT2D eigenvalue weighted by molar-refractivity contribution is 5.74. The lowest BCUT2D eigenvalue weighted by Crippen LogP contribution is -2.54. The molecule has 0 saturated carbocycles. The highest BCUT2D eigenvalue weighted by Crippen LogP contribution is 2.34. The number of carbonyl (C=O) groups excluding carboxylic acids is 1. The molecule has 0 aromatic heterocycles. The molecule has 120 valence electrons. The van der Waals surface area contributed by atoms with Crippen LogP contribution < -0.4 is 0 Å². The van der Waals surface area contributed by atoms with Crippen LogP contribution in [0.15, 0.2) is 11.6 Å². The molecular formula is C16H28N2O3. The predicted molar refractivity (Wildman–Crippen MR) is 82.2 cm³/mol. The highest BCUT2D eigenvalue weighted by Gasteiger charge is 2.37.